The lowest BCUT2D eigenvalue weighted by atomic mass is 10.1. The Morgan fingerprint density at radius 2 is 1.15 bits per heavy atom. The van der Waals surface area contributed by atoms with Crippen LogP contribution in [0.3, 0.4) is 0 Å². The lowest BCUT2D eigenvalue weighted by Gasteiger charge is -2.39. The van der Waals surface area contributed by atoms with Crippen LogP contribution in [-0.4, -0.2) is 38.5 Å². The van der Waals surface area contributed by atoms with E-state index >= 15 is 0 Å². The molecule has 0 saturated heterocycles. The molecule has 4 nitrogen and oxygen atoms in total. The summed E-state index contributed by atoms with van der Waals surface area (Å²) in [7, 11) is 0. The lowest BCUT2D eigenvalue weighted by molar-refractivity contribution is -0.417. The maximum Gasteiger partial charge on any atom is 0.310 e. The van der Waals surface area contributed by atoms with Crippen LogP contribution in [0.5, 0.6) is 0 Å². The minimum Gasteiger partial charge on any atom is -0.370 e. The van der Waals surface area contributed by atoms with Gasteiger partial charge in [0.05, 0.1) is 13.2 Å². The van der Waals surface area contributed by atoms with Gasteiger partial charge in [-0.15, -0.1) is 0 Å². The van der Waals surface area contributed by atoms with E-state index in [0.29, 0.717) is 19.8 Å². The molecule has 0 aliphatic carbocycles. The monoisotopic (exact) mass is 388 g/mol. The predicted octanol–water partition coefficient (Wildman–Crippen LogP) is 6.86. The number of ether oxygens (including phenoxy) is 4. The Kier molecular flexibility index (Phi) is 19.1. The second-order valence-corrected chi connectivity index (χ2v) is 7.36. The van der Waals surface area contributed by atoms with Gasteiger partial charge in [-0.1, -0.05) is 79.1 Å². The molecule has 164 valence electrons. The molecule has 0 fully saturated rings. The van der Waals surface area contributed by atoms with Crippen molar-refractivity contribution in [1.82, 2.24) is 0 Å². The van der Waals surface area contributed by atoms with E-state index in [9.17, 15) is 0 Å². The SMILES string of the molecule is CCCCCCCCC(OCCCC)C(OCC)(OCCC)OCCCC. The van der Waals surface area contributed by atoms with Gasteiger partial charge in [0.1, 0.15) is 6.10 Å². The third-order valence-electron chi connectivity index (χ3n) is 4.69. The fourth-order valence-electron chi connectivity index (χ4n) is 3.05. The van der Waals surface area contributed by atoms with E-state index in [0.717, 1.165) is 51.6 Å². The lowest BCUT2D eigenvalue weighted by Crippen LogP contribution is -2.52. The molecule has 0 aromatic heterocycles. The molecule has 2 unspecified atom stereocenters. The molecular formula is C23H48O4. The normalized spacial score (nSPS) is 15.0. The standard InChI is InChI=1S/C23H48O4/c1-6-11-14-15-16-17-18-22(24-20-12-7-2)23(25-10-5,26-19-9-4)27-21-13-8-3/h22H,6-21H2,1-5H3. The summed E-state index contributed by atoms with van der Waals surface area (Å²) >= 11 is 0. The quantitative estimate of drug-likeness (QED) is 0.159. The van der Waals surface area contributed by atoms with E-state index in [1.165, 1.54) is 32.1 Å². The van der Waals surface area contributed by atoms with E-state index < -0.39 is 5.97 Å². The summed E-state index contributed by atoms with van der Waals surface area (Å²) in [5.74, 6) is -1.06. The first-order chi connectivity index (χ1) is 13.2. The van der Waals surface area contributed by atoms with Crippen LogP contribution in [0.15, 0.2) is 0 Å². The summed E-state index contributed by atoms with van der Waals surface area (Å²) in [5.41, 5.74) is 0. The molecule has 0 N–H and O–H groups in total. The highest BCUT2D eigenvalue weighted by Gasteiger charge is 2.43. The third-order valence-corrected chi connectivity index (χ3v) is 4.69. The fraction of sp³-hybridized carbons (Fsp3) is 1.00. The summed E-state index contributed by atoms with van der Waals surface area (Å²) in [6, 6.07) is 0. The van der Waals surface area contributed by atoms with Gasteiger partial charge >= 0.3 is 5.97 Å². The van der Waals surface area contributed by atoms with Crippen LogP contribution < -0.4 is 0 Å². The van der Waals surface area contributed by atoms with Crippen molar-refractivity contribution in [3.05, 3.63) is 0 Å². The number of hydrogen-bond donors (Lipinski definition) is 0. The van der Waals surface area contributed by atoms with Crippen molar-refractivity contribution in [1.29, 1.82) is 0 Å². The first kappa shape index (κ1) is 26.8. The summed E-state index contributed by atoms with van der Waals surface area (Å²) in [6.07, 6.45) is 13.6. The third kappa shape index (κ3) is 12.8. The van der Waals surface area contributed by atoms with Crippen LogP contribution in [-0.2, 0) is 18.9 Å². The van der Waals surface area contributed by atoms with Crippen molar-refractivity contribution in [3.8, 4) is 0 Å². The highest BCUT2D eigenvalue weighted by Crippen LogP contribution is 2.28. The minimum atomic E-state index is -1.06. The zero-order valence-electron chi connectivity index (χ0n) is 19.0. The average molecular weight is 389 g/mol. The Balaban J connectivity index is 5.00. The van der Waals surface area contributed by atoms with Crippen molar-refractivity contribution in [2.75, 3.05) is 26.4 Å². The molecule has 0 aliphatic heterocycles. The molecule has 0 aliphatic rings. The summed E-state index contributed by atoms with van der Waals surface area (Å²) < 4.78 is 24.8. The number of unbranched alkanes of at least 4 members (excludes halogenated alkanes) is 7. The van der Waals surface area contributed by atoms with Crippen molar-refractivity contribution in [2.24, 2.45) is 0 Å². The van der Waals surface area contributed by atoms with Crippen LogP contribution in [0.1, 0.15) is 112 Å². The van der Waals surface area contributed by atoms with E-state index in [1.807, 2.05) is 6.92 Å². The van der Waals surface area contributed by atoms with Gasteiger partial charge in [-0.2, -0.15) is 0 Å². The fourth-order valence-corrected chi connectivity index (χ4v) is 3.05. The Labute approximate surface area is 169 Å². The van der Waals surface area contributed by atoms with Gasteiger partial charge in [-0.05, 0) is 32.6 Å². The topological polar surface area (TPSA) is 36.9 Å². The highest BCUT2D eigenvalue weighted by atomic mass is 16.9. The van der Waals surface area contributed by atoms with Crippen molar-refractivity contribution in [3.63, 3.8) is 0 Å². The second-order valence-electron chi connectivity index (χ2n) is 7.36. The smallest absolute Gasteiger partial charge is 0.310 e. The second kappa shape index (κ2) is 19.2. The molecule has 0 aromatic carbocycles. The molecule has 0 amide bonds. The van der Waals surface area contributed by atoms with Gasteiger partial charge in [0.25, 0.3) is 0 Å². The maximum atomic E-state index is 6.28. The summed E-state index contributed by atoms with van der Waals surface area (Å²) in [6.45, 7) is 13.3. The zero-order chi connectivity index (χ0) is 20.2. The van der Waals surface area contributed by atoms with Crippen LogP contribution in [0, 0.1) is 0 Å². The van der Waals surface area contributed by atoms with Crippen molar-refractivity contribution in [2.45, 2.75) is 124 Å². The van der Waals surface area contributed by atoms with Crippen LogP contribution in [0.2, 0.25) is 0 Å². The van der Waals surface area contributed by atoms with E-state index in [-0.39, 0.29) is 6.10 Å². The molecular weight excluding hydrogens is 340 g/mol. The van der Waals surface area contributed by atoms with Gasteiger partial charge in [-0.3, -0.25) is 0 Å². The molecule has 0 aromatic rings. The highest BCUT2D eigenvalue weighted by molar-refractivity contribution is 4.74. The summed E-state index contributed by atoms with van der Waals surface area (Å²) in [4.78, 5) is 0. The van der Waals surface area contributed by atoms with Crippen LogP contribution in [0.4, 0.5) is 0 Å². The molecule has 0 rings (SSSR count). The first-order valence-corrected chi connectivity index (χ1v) is 11.7. The molecule has 27 heavy (non-hydrogen) atoms. The maximum absolute atomic E-state index is 6.28. The van der Waals surface area contributed by atoms with E-state index in [4.69, 9.17) is 18.9 Å². The Morgan fingerprint density at radius 1 is 0.556 bits per heavy atom. The Hall–Kier alpha value is -0.160. The minimum absolute atomic E-state index is 0.168. The molecule has 2 atom stereocenters. The Bertz CT molecular complexity index is 298. The van der Waals surface area contributed by atoms with Crippen molar-refractivity contribution >= 4 is 0 Å². The van der Waals surface area contributed by atoms with Gasteiger partial charge in [-0.25, -0.2) is 0 Å². The molecule has 0 spiro atoms. The van der Waals surface area contributed by atoms with Crippen molar-refractivity contribution < 1.29 is 18.9 Å². The molecule has 0 heterocycles. The zero-order valence-corrected chi connectivity index (χ0v) is 19.0. The van der Waals surface area contributed by atoms with Crippen LogP contribution >= 0.6 is 0 Å². The average Bonchev–Trinajstić information content (AvgIpc) is 2.67. The number of hydrogen-bond acceptors (Lipinski definition) is 4. The predicted molar refractivity (Wildman–Crippen MR) is 114 cm³/mol. The number of rotatable bonds is 21. The molecule has 0 radical (unpaired) electrons. The largest absolute Gasteiger partial charge is 0.370 e. The van der Waals surface area contributed by atoms with E-state index in [1.54, 1.807) is 0 Å². The van der Waals surface area contributed by atoms with Gasteiger partial charge < -0.3 is 18.9 Å². The first-order valence-electron chi connectivity index (χ1n) is 11.7. The molecule has 0 bridgehead atoms. The molecule has 4 heteroatoms. The van der Waals surface area contributed by atoms with E-state index in [2.05, 4.69) is 27.7 Å². The van der Waals surface area contributed by atoms with Crippen LogP contribution in [0.25, 0.3) is 0 Å². The summed E-state index contributed by atoms with van der Waals surface area (Å²) in [5, 5.41) is 0. The van der Waals surface area contributed by atoms with Gasteiger partial charge in [0.2, 0.25) is 0 Å². The Morgan fingerprint density at radius 3 is 1.78 bits per heavy atom. The molecule has 0 saturated carbocycles. The van der Waals surface area contributed by atoms with Gasteiger partial charge in [0, 0.05) is 13.2 Å². The van der Waals surface area contributed by atoms with Gasteiger partial charge in [0.15, 0.2) is 0 Å².